The Labute approximate surface area is 127 Å². The van der Waals surface area contributed by atoms with E-state index in [1.807, 2.05) is 6.20 Å². The Balaban J connectivity index is 2.02. The van der Waals surface area contributed by atoms with Crippen molar-refractivity contribution in [2.75, 3.05) is 31.6 Å². The monoisotopic (exact) mass is 290 g/mol. The number of nitrogens with zero attached hydrogens (tertiary/aromatic N) is 2. The predicted octanol–water partition coefficient (Wildman–Crippen LogP) is 1.71. The molecule has 1 aromatic rings. The predicted molar refractivity (Wildman–Crippen MR) is 85.3 cm³/mol. The lowest BCUT2D eigenvalue weighted by atomic mass is 9.97. The molecule has 2 heterocycles. The van der Waals surface area contributed by atoms with E-state index in [-0.39, 0.29) is 11.8 Å². The van der Waals surface area contributed by atoms with Crippen molar-refractivity contribution in [2.24, 2.45) is 5.92 Å². The Hall–Kier alpha value is -1.62. The van der Waals surface area contributed by atoms with E-state index in [1.165, 1.54) is 5.56 Å². The van der Waals surface area contributed by atoms with Gasteiger partial charge in [-0.3, -0.25) is 4.79 Å². The summed E-state index contributed by atoms with van der Waals surface area (Å²) in [5.74, 6) is 1.18. The van der Waals surface area contributed by atoms with E-state index < -0.39 is 0 Å². The van der Waals surface area contributed by atoms with Gasteiger partial charge < -0.3 is 15.5 Å². The van der Waals surface area contributed by atoms with Gasteiger partial charge in [-0.2, -0.15) is 0 Å². The van der Waals surface area contributed by atoms with E-state index >= 15 is 0 Å². The molecule has 5 nitrogen and oxygen atoms in total. The number of hydrogen-bond acceptors (Lipinski definition) is 4. The third-order valence-electron chi connectivity index (χ3n) is 4.14. The Bertz CT molecular complexity index is 460. The third kappa shape index (κ3) is 3.94. The Kier molecular flexibility index (Phi) is 5.56. The second kappa shape index (κ2) is 7.41. The molecule has 1 amide bonds. The fourth-order valence-corrected chi connectivity index (χ4v) is 2.87. The molecule has 2 atom stereocenters. The largest absolute Gasteiger partial charge is 0.359 e. The molecule has 1 aromatic heterocycles. The highest BCUT2D eigenvalue weighted by Crippen LogP contribution is 2.23. The van der Waals surface area contributed by atoms with Crippen LogP contribution < -0.4 is 15.5 Å². The number of pyridine rings is 1. The van der Waals surface area contributed by atoms with E-state index in [9.17, 15) is 4.79 Å². The molecule has 2 rings (SSSR count). The quantitative estimate of drug-likeness (QED) is 0.867. The maximum Gasteiger partial charge on any atom is 0.224 e. The average Bonchev–Trinajstić information content (AvgIpc) is 2.54. The molecule has 2 unspecified atom stereocenters. The molecule has 0 aliphatic carbocycles. The number of rotatable bonds is 5. The molecule has 1 saturated heterocycles. The molecule has 1 aliphatic rings. The molecule has 0 spiro atoms. The fourth-order valence-electron chi connectivity index (χ4n) is 2.87. The number of carbonyl (C=O) groups excluding carboxylic acids is 1. The Morgan fingerprint density at radius 3 is 2.95 bits per heavy atom. The summed E-state index contributed by atoms with van der Waals surface area (Å²) in [6.45, 7) is 6.92. The van der Waals surface area contributed by atoms with Crippen molar-refractivity contribution in [3.8, 4) is 0 Å². The highest BCUT2D eigenvalue weighted by Gasteiger charge is 2.25. The normalized spacial score (nSPS) is 20.1. The van der Waals surface area contributed by atoms with Crippen molar-refractivity contribution in [3.63, 3.8) is 0 Å². The number of amides is 1. The molecule has 116 valence electrons. The number of hydrogen-bond donors (Lipinski definition) is 2. The van der Waals surface area contributed by atoms with Crippen LogP contribution in [0.15, 0.2) is 18.3 Å². The summed E-state index contributed by atoms with van der Waals surface area (Å²) < 4.78 is 0. The van der Waals surface area contributed by atoms with Crippen LogP contribution in [0.5, 0.6) is 0 Å². The van der Waals surface area contributed by atoms with Gasteiger partial charge in [-0.25, -0.2) is 4.98 Å². The van der Waals surface area contributed by atoms with Crippen molar-refractivity contribution in [1.82, 2.24) is 15.6 Å². The van der Waals surface area contributed by atoms with Crippen molar-refractivity contribution in [1.29, 1.82) is 0 Å². The van der Waals surface area contributed by atoms with Gasteiger partial charge in [0.15, 0.2) is 0 Å². The maximum absolute atomic E-state index is 11.8. The van der Waals surface area contributed by atoms with E-state index in [0.717, 1.165) is 38.3 Å². The van der Waals surface area contributed by atoms with Crippen LogP contribution in [0.1, 0.15) is 38.3 Å². The van der Waals surface area contributed by atoms with Crippen LogP contribution in [-0.2, 0) is 4.79 Å². The standard InChI is InChI=1S/C16H26N4O/c1-4-18-12(2)13-7-8-15(19-10-13)20-9-5-6-14(11-20)16(21)17-3/h7-8,10,12,14,18H,4-6,9,11H2,1-3H3,(H,17,21). The first-order chi connectivity index (χ1) is 10.2. The minimum Gasteiger partial charge on any atom is -0.359 e. The second-order valence-electron chi connectivity index (χ2n) is 5.63. The summed E-state index contributed by atoms with van der Waals surface area (Å²) in [6.07, 6.45) is 3.94. The lowest BCUT2D eigenvalue weighted by molar-refractivity contribution is -0.124. The van der Waals surface area contributed by atoms with Gasteiger partial charge in [-0.15, -0.1) is 0 Å². The van der Waals surface area contributed by atoms with E-state index in [4.69, 9.17) is 0 Å². The highest BCUT2D eigenvalue weighted by molar-refractivity contribution is 5.79. The van der Waals surface area contributed by atoms with Gasteiger partial charge in [0.2, 0.25) is 5.91 Å². The van der Waals surface area contributed by atoms with Gasteiger partial charge in [-0.05, 0) is 37.9 Å². The van der Waals surface area contributed by atoms with Gasteiger partial charge in [0.05, 0.1) is 5.92 Å². The Morgan fingerprint density at radius 1 is 1.52 bits per heavy atom. The summed E-state index contributed by atoms with van der Waals surface area (Å²) in [4.78, 5) is 18.6. The summed E-state index contributed by atoms with van der Waals surface area (Å²) in [6, 6.07) is 4.51. The van der Waals surface area contributed by atoms with Gasteiger partial charge >= 0.3 is 0 Å². The lowest BCUT2D eigenvalue weighted by Crippen LogP contribution is -2.42. The first-order valence-electron chi connectivity index (χ1n) is 7.81. The van der Waals surface area contributed by atoms with Crippen LogP contribution in [-0.4, -0.2) is 37.6 Å². The zero-order valence-corrected chi connectivity index (χ0v) is 13.2. The molecule has 5 heteroatoms. The number of piperidine rings is 1. The highest BCUT2D eigenvalue weighted by atomic mass is 16.1. The smallest absolute Gasteiger partial charge is 0.224 e. The number of anilines is 1. The van der Waals surface area contributed by atoms with Crippen molar-refractivity contribution < 1.29 is 4.79 Å². The minimum atomic E-state index is 0.0749. The zero-order valence-electron chi connectivity index (χ0n) is 13.2. The summed E-state index contributed by atoms with van der Waals surface area (Å²) >= 11 is 0. The SMILES string of the molecule is CCNC(C)c1ccc(N2CCCC(C(=O)NC)C2)nc1. The molecule has 2 N–H and O–H groups in total. The van der Waals surface area contributed by atoms with Crippen molar-refractivity contribution in [3.05, 3.63) is 23.9 Å². The van der Waals surface area contributed by atoms with E-state index in [1.54, 1.807) is 7.05 Å². The lowest BCUT2D eigenvalue weighted by Gasteiger charge is -2.32. The molecule has 21 heavy (non-hydrogen) atoms. The summed E-state index contributed by atoms with van der Waals surface area (Å²) in [7, 11) is 1.70. The second-order valence-corrected chi connectivity index (χ2v) is 5.63. The first kappa shape index (κ1) is 15.8. The van der Waals surface area contributed by atoms with Gasteiger partial charge in [0.25, 0.3) is 0 Å². The molecule has 0 saturated carbocycles. The average molecular weight is 290 g/mol. The van der Waals surface area contributed by atoms with Gasteiger partial charge in [0.1, 0.15) is 5.82 Å². The van der Waals surface area contributed by atoms with Crippen LogP contribution in [0.3, 0.4) is 0 Å². The number of carbonyl (C=O) groups is 1. The van der Waals surface area contributed by atoms with Crippen LogP contribution in [0.2, 0.25) is 0 Å². The fraction of sp³-hybridized carbons (Fsp3) is 0.625. The molecule has 1 fully saturated rings. The zero-order chi connectivity index (χ0) is 15.2. The molecular weight excluding hydrogens is 264 g/mol. The molecule has 0 radical (unpaired) electrons. The van der Waals surface area contributed by atoms with Crippen molar-refractivity contribution in [2.45, 2.75) is 32.7 Å². The van der Waals surface area contributed by atoms with E-state index in [0.29, 0.717) is 6.04 Å². The van der Waals surface area contributed by atoms with Crippen LogP contribution in [0.25, 0.3) is 0 Å². The number of aromatic nitrogens is 1. The third-order valence-corrected chi connectivity index (χ3v) is 4.14. The van der Waals surface area contributed by atoms with E-state index in [2.05, 4.69) is 46.5 Å². The number of nitrogens with one attached hydrogen (secondary N) is 2. The molecular formula is C16H26N4O. The van der Waals surface area contributed by atoms with Gasteiger partial charge in [0, 0.05) is 32.4 Å². The molecule has 0 bridgehead atoms. The van der Waals surface area contributed by atoms with Crippen LogP contribution in [0, 0.1) is 5.92 Å². The Morgan fingerprint density at radius 2 is 2.33 bits per heavy atom. The van der Waals surface area contributed by atoms with Crippen molar-refractivity contribution >= 4 is 11.7 Å². The minimum absolute atomic E-state index is 0.0749. The van der Waals surface area contributed by atoms with Crippen LogP contribution in [0.4, 0.5) is 5.82 Å². The van der Waals surface area contributed by atoms with Crippen LogP contribution >= 0.6 is 0 Å². The maximum atomic E-state index is 11.8. The molecule has 0 aromatic carbocycles. The van der Waals surface area contributed by atoms with Gasteiger partial charge in [-0.1, -0.05) is 13.0 Å². The topological polar surface area (TPSA) is 57.3 Å². The summed E-state index contributed by atoms with van der Waals surface area (Å²) in [5.41, 5.74) is 1.19. The molecule has 1 aliphatic heterocycles. The summed E-state index contributed by atoms with van der Waals surface area (Å²) in [5, 5.41) is 6.13. The first-order valence-corrected chi connectivity index (χ1v) is 7.81.